The molecule has 0 radical (unpaired) electrons. The lowest BCUT2D eigenvalue weighted by molar-refractivity contribution is 0.675. The van der Waals surface area contributed by atoms with Crippen molar-refractivity contribution >= 4 is 23.4 Å². The van der Waals surface area contributed by atoms with E-state index in [9.17, 15) is 0 Å². The van der Waals surface area contributed by atoms with Gasteiger partial charge in [0.05, 0.1) is 0 Å². The Bertz CT molecular complexity index is 289. The summed E-state index contributed by atoms with van der Waals surface area (Å²) in [4.78, 5) is 1.22. The van der Waals surface area contributed by atoms with Gasteiger partial charge in [-0.1, -0.05) is 24.6 Å². The maximum atomic E-state index is 6.13. The fourth-order valence-corrected chi connectivity index (χ4v) is 1.95. The molecule has 0 heterocycles. The number of halogens is 1. The first-order valence-electron chi connectivity index (χ1n) is 4.81. The largest absolute Gasteiger partial charge is 0.313 e. The van der Waals surface area contributed by atoms with Crippen molar-refractivity contribution in [1.29, 1.82) is 0 Å². The summed E-state index contributed by atoms with van der Waals surface area (Å²) in [6.45, 7) is 4.06. The van der Waals surface area contributed by atoms with Gasteiger partial charge in [-0.05, 0) is 36.9 Å². The summed E-state index contributed by atoms with van der Waals surface area (Å²) in [5, 5.41) is 4.20. The van der Waals surface area contributed by atoms with Gasteiger partial charge in [0.2, 0.25) is 0 Å². The quantitative estimate of drug-likeness (QED) is 0.612. The number of hydrogen-bond donors (Lipinski definition) is 1. The number of rotatable bonds is 5. The lowest BCUT2D eigenvalue weighted by Crippen LogP contribution is -2.13. The van der Waals surface area contributed by atoms with Crippen LogP contribution in [-0.2, 0) is 6.54 Å². The fraction of sp³-hybridized carbons (Fsp3) is 0.455. The number of nitrogens with one attached hydrogen (secondary N) is 1. The smallest absolute Gasteiger partial charge is 0.0462 e. The molecule has 1 rings (SSSR count). The van der Waals surface area contributed by atoms with Crippen LogP contribution in [0.4, 0.5) is 0 Å². The molecular formula is C11H16ClNS. The van der Waals surface area contributed by atoms with Crippen molar-refractivity contribution < 1.29 is 0 Å². The van der Waals surface area contributed by atoms with Crippen LogP contribution in [0, 0.1) is 0 Å². The first-order chi connectivity index (χ1) is 6.77. The van der Waals surface area contributed by atoms with Gasteiger partial charge in [0.1, 0.15) is 0 Å². The molecule has 0 aliphatic carbocycles. The highest BCUT2D eigenvalue weighted by molar-refractivity contribution is 7.98. The van der Waals surface area contributed by atoms with Crippen molar-refractivity contribution in [2.24, 2.45) is 0 Å². The lowest BCUT2D eigenvalue weighted by Gasteiger charge is -2.06. The summed E-state index contributed by atoms with van der Waals surface area (Å²) in [5.41, 5.74) is 1.18. The van der Waals surface area contributed by atoms with Crippen LogP contribution in [0.1, 0.15) is 18.9 Å². The molecule has 1 aromatic rings. The van der Waals surface area contributed by atoms with E-state index in [1.54, 1.807) is 11.8 Å². The van der Waals surface area contributed by atoms with Crippen LogP contribution in [0.5, 0.6) is 0 Å². The molecule has 78 valence electrons. The molecule has 0 amide bonds. The van der Waals surface area contributed by atoms with Gasteiger partial charge in [0.15, 0.2) is 0 Å². The van der Waals surface area contributed by atoms with Crippen LogP contribution in [-0.4, -0.2) is 12.8 Å². The average molecular weight is 230 g/mol. The van der Waals surface area contributed by atoms with E-state index in [0.29, 0.717) is 0 Å². The normalized spacial score (nSPS) is 10.5. The summed E-state index contributed by atoms with van der Waals surface area (Å²) in [6.07, 6.45) is 3.21. The molecule has 14 heavy (non-hydrogen) atoms. The zero-order valence-electron chi connectivity index (χ0n) is 8.64. The van der Waals surface area contributed by atoms with E-state index in [4.69, 9.17) is 11.6 Å². The summed E-state index contributed by atoms with van der Waals surface area (Å²) >= 11 is 7.85. The summed E-state index contributed by atoms with van der Waals surface area (Å²) < 4.78 is 0. The second-order valence-electron chi connectivity index (χ2n) is 3.13. The SMILES string of the molecule is CCCNCc1ccc(SC)cc1Cl. The summed E-state index contributed by atoms with van der Waals surface area (Å²) in [7, 11) is 0. The molecule has 0 fully saturated rings. The van der Waals surface area contributed by atoms with Gasteiger partial charge in [-0.25, -0.2) is 0 Å². The Morgan fingerprint density at radius 3 is 2.79 bits per heavy atom. The first-order valence-corrected chi connectivity index (χ1v) is 6.41. The predicted octanol–water partition coefficient (Wildman–Crippen LogP) is 3.56. The Labute approximate surface area is 95.2 Å². The highest BCUT2D eigenvalue weighted by atomic mass is 35.5. The summed E-state index contributed by atoms with van der Waals surface area (Å²) in [5.74, 6) is 0. The van der Waals surface area contributed by atoms with Gasteiger partial charge in [-0.15, -0.1) is 11.8 Å². The molecule has 1 aromatic carbocycles. The van der Waals surface area contributed by atoms with Crippen molar-refractivity contribution in [1.82, 2.24) is 5.32 Å². The van der Waals surface area contributed by atoms with E-state index in [0.717, 1.165) is 24.5 Å². The van der Waals surface area contributed by atoms with Crippen molar-refractivity contribution in [3.05, 3.63) is 28.8 Å². The number of benzene rings is 1. The van der Waals surface area contributed by atoms with Crippen LogP contribution < -0.4 is 5.32 Å². The second-order valence-corrected chi connectivity index (χ2v) is 4.42. The summed E-state index contributed by atoms with van der Waals surface area (Å²) in [6, 6.07) is 6.23. The second kappa shape index (κ2) is 6.33. The zero-order valence-corrected chi connectivity index (χ0v) is 10.2. The van der Waals surface area contributed by atoms with E-state index in [1.165, 1.54) is 10.5 Å². The Hall–Kier alpha value is -0.180. The highest BCUT2D eigenvalue weighted by Gasteiger charge is 2.00. The lowest BCUT2D eigenvalue weighted by atomic mass is 10.2. The predicted molar refractivity (Wildman–Crippen MR) is 65.2 cm³/mol. The molecule has 0 atom stereocenters. The molecule has 0 saturated carbocycles. The Morgan fingerprint density at radius 2 is 2.21 bits per heavy atom. The Kier molecular flexibility index (Phi) is 5.38. The van der Waals surface area contributed by atoms with E-state index < -0.39 is 0 Å². The number of hydrogen-bond acceptors (Lipinski definition) is 2. The third-order valence-electron chi connectivity index (χ3n) is 2.00. The molecule has 1 N–H and O–H groups in total. The molecule has 0 bridgehead atoms. The minimum Gasteiger partial charge on any atom is -0.313 e. The molecule has 0 saturated heterocycles. The standard InChI is InChI=1S/C11H16ClNS/c1-3-6-13-8-9-4-5-10(14-2)7-11(9)12/h4-5,7,13H,3,6,8H2,1-2H3. The molecule has 0 spiro atoms. The van der Waals surface area contributed by atoms with Crippen LogP contribution in [0.15, 0.2) is 23.1 Å². The van der Waals surface area contributed by atoms with E-state index in [2.05, 4.69) is 30.6 Å². The van der Waals surface area contributed by atoms with Crippen LogP contribution in [0.3, 0.4) is 0 Å². The molecule has 1 nitrogen and oxygen atoms in total. The Morgan fingerprint density at radius 1 is 1.43 bits per heavy atom. The Balaban J connectivity index is 2.59. The molecule has 0 aliphatic heterocycles. The minimum atomic E-state index is 0.862. The van der Waals surface area contributed by atoms with Crippen LogP contribution >= 0.6 is 23.4 Å². The molecule has 0 unspecified atom stereocenters. The molecular weight excluding hydrogens is 214 g/mol. The van der Waals surface area contributed by atoms with Crippen molar-refractivity contribution in [2.45, 2.75) is 24.8 Å². The number of thioether (sulfide) groups is 1. The molecule has 3 heteroatoms. The highest BCUT2D eigenvalue weighted by Crippen LogP contribution is 2.23. The monoisotopic (exact) mass is 229 g/mol. The minimum absolute atomic E-state index is 0.862. The zero-order chi connectivity index (χ0) is 10.4. The van der Waals surface area contributed by atoms with Crippen molar-refractivity contribution in [3.8, 4) is 0 Å². The van der Waals surface area contributed by atoms with Crippen molar-refractivity contribution in [3.63, 3.8) is 0 Å². The fourth-order valence-electron chi connectivity index (χ4n) is 1.20. The van der Waals surface area contributed by atoms with Gasteiger partial charge in [0.25, 0.3) is 0 Å². The van der Waals surface area contributed by atoms with E-state index >= 15 is 0 Å². The van der Waals surface area contributed by atoms with Gasteiger partial charge in [0, 0.05) is 16.5 Å². The van der Waals surface area contributed by atoms with E-state index in [-0.39, 0.29) is 0 Å². The van der Waals surface area contributed by atoms with E-state index in [1.807, 2.05) is 6.07 Å². The third-order valence-corrected chi connectivity index (χ3v) is 3.08. The topological polar surface area (TPSA) is 12.0 Å². The first kappa shape index (κ1) is 11.9. The van der Waals surface area contributed by atoms with Gasteiger partial charge < -0.3 is 5.32 Å². The van der Waals surface area contributed by atoms with Gasteiger partial charge in [-0.2, -0.15) is 0 Å². The van der Waals surface area contributed by atoms with Gasteiger partial charge >= 0.3 is 0 Å². The van der Waals surface area contributed by atoms with Crippen molar-refractivity contribution in [2.75, 3.05) is 12.8 Å². The maximum absolute atomic E-state index is 6.13. The average Bonchev–Trinajstić information content (AvgIpc) is 2.20. The van der Waals surface area contributed by atoms with Crippen LogP contribution in [0.2, 0.25) is 5.02 Å². The molecule has 0 aromatic heterocycles. The maximum Gasteiger partial charge on any atom is 0.0462 e. The molecule has 0 aliphatic rings. The third kappa shape index (κ3) is 3.52. The van der Waals surface area contributed by atoms with Crippen LogP contribution in [0.25, 0.3) is 0 Å². The van der Waals surface area contributed by atoms with Gasteiger partial charge in [-0.3, -0.25) is 0 Å².